The van der Waals surface area contributed by atoms with Gasteiger partial charge < -0.3 is 5.11 Å². The first-order valence-electron chi connectivity index (χ1n) is 4.38. The lowest BCUT2D eigenvalue weighted by Crippen LogP contribution is -2.14. The van der Waals surface area contributed by atoms with Crippen LogP contribution in [0.3, 0.4) is 0 Å². The third kappa shape index (κ3) is 1.98. The molecule has 0 amide bonds. The highest BCUT2D eigenvalue weighted by Crippen LogP contribution is 2.30. The van der Waals surface area contributed by atoms with Crippen molar-refractivity contribution in [3.05, 3.63) is 0 Å². The molecule has 1 aliphatic rings. The summed E-state index contributed by atoms with van der Waals surface area (Å²) < 4.78 is 0. The van der Waals surface area contributed by atoms with Gasteiger partial charge in [0.25, 0.3) is 0 Å². The Morgan fingerprint density at radius 2 is 2.10 bits per heavy atom. The van der Waals surface area contributed by atoms with Crippen LogP contribution in [0.1, 0.15) is 39.5 Å². The van der Waals surface area contributed by atoms with Gasteiger partial charge >= 0.3 is 0 Å². The van der Waals surface area contributed by atoms with Crippen molar-refractivity contribution in [2.45, 2.75) is 45.6 Å². The Hall–Kier alpha value is -0.0400. The molecule has 1 fully saturated rings. The smallest absolute Gasteiger partial charge is 0.0568 e. The van der Waals surface area contributed by atoms with E-state index in [0.29, 0.717) is 5.92 Å². The zero-order valence-electron chi connectivity index (χ0n) is 7.01. The van der Waals surface area contributed by atoms with Crippen molar-refractivity contribution >= 4 is 0 Å². The second-order valence-corrected chi connectivity index (χ2v) is 3.89. The maximum absolute atomic E-state index is 9.44. The quantitative estimate of drug-likeness (QED) is 0.626. The molecule has 1 aliphatic carbocycles. The van der Waals surface area contributed by atoms with Crippen LogP contribution in [-0.4, -0.2) is 11.2 Å². The first kappa shape index (κ1) is 8.06. The Morgan fingerprint density at radius 3 is 2.50 bits per heavy atom. The minimum atomic E-state index is 0.0161. The van der Waals surface area contributed by atoms with Crippen molar-refractivity contribution in [1.29, 1.82) is 0 Å². The number of aliphatic hydroxyl groups excluding tert-OH is 1. The number of rotatable bonds is 2. The van der Waals surface area contributed by atoms with Crippen LogP contribution in [0, 0.1) is 11.8 Å². The van der Waals surface area contributed by atoms with Gasteiger partial charge in [-0.25, -0.2) is 0 Å². The highest BCUT2D eigenvalue weighted by atomic mass is 16.3. The summed E-state index contributed by atoms with van der Waals surface area (Å²) in [7, 11) is 0. The van der Waals surface area contributed by atoms with E-state index in [1.165, 1.54) is 19.3 Å². The second kappa shape index (κ2) is 3.38. The van der Waals surface area contributed by atoms with Gasteiger partial charge in [0.15, 0.2) is 0 Å². The second-order valence-electron chi connectivity index (χ2n) is 3.89. The van der Waals surface area contributed by atoms with Gasteiger partial charge in [0.1, 0.15) is 0 Å². The van der Waals surface area contributed by atoms with E-state index in [1.54, 1.807) is 0 Å². The van der Waals surface area contributed by atoms with Crippen molar-refractivity contribution in [3.8, 4) is 0 Å². The van der Waals surface area contributed by atoms with Crippen molar-refractivity contribution < 1.29 is 5.11 Å². The van der Waals surface area contributed by atoms with Crippen LogP contribution in [-0.2, 0) is 0 Å². The van der Waals surface area contributed by atoms with Crippen LogP contribution in [0.5, 0.6) is 0 Å². The minimum Gasteiger partial charge on any atom is -0.393 e. The van der Waals surface area contributed by atoms with Gasteiger partial charge in [0, 0.05) is 0 Å². The number of aliphatic hydroxyl groups is 1. The largest absolute Gasteiger partial charge is 0.393 e. The maximum Gasteiger partial charge on any atom is 0.0568 e. The molecule has 0 spiro atoms. The average Bonchev–Trinajstić information content (AvgIpc) is 2.15. The Morgan fingerprint density at radius 1 is 1.40 bits per heavy atom. The fraction of sp³-hybridized carbons (Fsp3) is 1.00. The number of hydrogen-bond acceptors (Lipinski definition) is 1. The third-order valence-corrected chi connectivity index (χ3v) is 2.39. The van der Waals surface area contributed by atoms with E-state index >= 15 is 0 Å². The van der Waals surface area contributed by atoms with Gasteiger partial charge in [-0.2, -0.15) is 0 Å². The molecule has 0 aromatic carbocycles. The molecule has 0 bridgehead atoms. The third-order valence-electron chi connectivity index (χ3n) is 2.39. The molecule has 1 nitrogen and oxygen atoms in total. The Kier molecular flexibility index (Phi) is 2.72. The first-order valence-corrected chi connectivity index (χ1v) is 4.38. The fourth-order valence-electron chi connectivity index (χ4n) is 1.90. The Labute approximate surface area is 63.4 Å². The maximum atomic E-state index is 9.44. The van der Waals surface area contributed by atoms with Crippen LogP contribution < -0.4 is 0 Å². The highest BCUT2D eigenvalue weighted by molar-refractivity contribution is 4.76. The van der Waals surface area contributed by atoms with Gasteiger partial charge in [-0.3, -0.25) is 0 Å². The van der Waals surface area contributed by atoms with E-state index in [4.69, 9.17) is 0 Å². The zero-order chi connectivity index (χ0) is 7.56. The molecule has 0 heterocycles. The molecule has 1 heteroatoms. The van der Waals surface area contributed by atoms with E-state index in [-0.39, 0.29) is 6.10 Å². The van der Waals surface area contributed by atoms with Gasteiger partial charge in [-0.05, 0) is 31.1 Å². The highest BCUT2D eigenvalue weighted by Gasteiger charge is 2.25. The molecule has 0 radical (unpaired) electrons. The molecule has 0 aliphatic heterocycles. The lowest BCUT2D eigenvalue weighted by atomic mass is 9.94. The fourth-order valence-corrected chi connectivity index (χ4v) is 1.90. The molecule has 1 N–H and O–H groups in total. The van der Waals surface area contributed by atoms with Crippen LogP contribution in [0.15, 0.2) is 0 Å². The SMILES string of the molecule is CC(C)C[C@@H]1CCC[C@H]1O. The molecule has 10 heavy (non-hydrogen) atoms. The lowest BCUT2D eigenvalue weighted by Gasteiger charge is -2.15. The molecule has 2 atom stereocenters. The first-order chi connectivity index (χ1) is 4.70. The summed E-state index contributed by atoms with van der Waals surface area (Å²) in [6.45, 7) is 4.45. The predicted molar refractivity (Wildman–Crippen MR) is 42.8 cm³/mol. The minimum absolute atomic E-state index is 0.0161. The summed E-state index contributed by atoms with van der Waals surface area (Å²) in [5.41, 5.74) is 0. The van der Waals surface area contributed by atoms with Crippen molar-refractivity contribution in [1.82, 2.24) is 0 Å². The van der Waals surface area contributed by atoms with E-state index in [0.717, 1.165) is 12.3 Å². The van der Waals surface area contributed by atoms with Crippen molar-refractivity contribution in [2.24, 2.45) is 11.8 Å². The molecular formula is C9H18O. The molecule has 0 saturated heterocycles. The zero-order valence-corrected chi connectivity index (χ0v) is 7.01. The Bertz CT molecular complexity index is 98.9. The molecule has 1 rings (SSSR count). The summed E-state index contributed by atoms with van der Waals surface area (Å²) in [5, 5.41) is 9.44. The van der Waals surface area contributed by atoms with Crippen LogP contribution in [0.4, 0.5) is 0 Å². The standard InChI is InChI=1S/C9H18O/c1-7(2)6-8-4-3-5-9(8)10/h7-10H,3-6H2,1-2H3/t8-,9+/m0/s1. The molecule has 60 valence electrons. The Balaban J connectivity index is 2.26. The topological polar surface area (TPSA) is 20.2 Å². The molecule has 0 aromatic rings. The van der Waals surface area contributed by atoms with Crippen molar-refractivity contribution in [2.75, 3.05) is 0 Å². The molecule has 0 unspecified atom stereocenters. The van der Waals surface area contributed by atoms with E-state index in [1.807, 2.05) is 0 Å². The summed E-state index contributed by atoms with van der Waals surface area (Å²) in [6, 6.07) is 0. The molecule has 0 aromatic heterocycles. The monoisotopic (exact) mass is 142 g/mol. The molecular weight excluding hydrogens is 124 g/mol. The van der Waals surface area contributed by atoms with Crippen molar-refractivity contribution in [3.63, 3.8) is 0 Å². The van der Waals surface area contributed by atoms with Crippen LogP contribution in [0.25, 0.3) is 0 Å². The van der Waals surface area contributed by atoms with E-state index in [9.17, 15) is 5.11 Å². The lowest BCUT2D eigenvalue weighted by molar-refractivity contribution is 0.120. The van der Waals surface area contributed by atoms with E-state index in [2.05, 4.69) is 13.8 Å². The predicted octanol–water partition coefficient (Wildman–Crippen LogP) is 2.19. The van der Waals surface area contributed by atoms with Crippen LogP contribution in [0.2, 0.25) is 0 Å². The van der Waals surface area contributed by atoms with Gasteiger partial charge in [0.05, 0.1) is 6.10 Å². The normalized spacial score (nSPS) is 33.6. The molecule has 1 saturated carbocycles. The summed E-state index contributed by atoms with van der Waals surface area (Å²) in [4.78, 5) is 0. The summed E-state index contributed by atoms with van der Waals surface area (Å²) in [6.07, 6.45) is 4.75. The van der Waals surface area contributed by atoms with Gasteiger partial charge in [0.2, 0.25) is 0 Å². The summed E-state index contributed by atoms with van der Waals surface area (Å²) >= 11 is 0. The van der Waals surface area contributed by atoms with Crippen LogP contribution >= 0.6 is 0 Å². The number of hydrogen-bond donors (Lipinski definition) is 1. The average molecular weight is 142 g/mol. The summed E-state index contributed by atoms with van der Waals surface area (Å²) in [5.74, 6) is 1.36. The van der Waals surface area contributed by atoms with Gasteiger partial charge in [-0.1, -0.05) is 20.3 Å². The van der Waals surface area contributed by atoms with Gasteiger partial charge in [-0.15, -0.1) is 0 Å². The van der Waals surface area contributed by atoms with E-state index < -0.39 is 0 Å².